The Balaban J connectivity index is 2.41. The highest BCUT2D eigenvalue weighted by molar-refractivity contribution is 7.93. The number of nitrogens with one attached hydrogen (secondary N) is 1. The van der Waals surface area contributed by atoms with Crippen molar-refractivity contribution < 1.29 is 18.3 Å². The van der Waals surface area contributed by atoms with E-state index in [1.165, 1.54) is 22.3 Å². The van der Waals surface area contributed by atoms with Gasteiger partial charge in [0.15, 0.2) is 0 Å². The second-order valence-corrected chi connectivity index (χ2v) is 6.39. The third-order valence-corrected chi connectivity index (χ3v) is 4.81. The fourth-order valence-corrected chi connectivity index (χ4v) is 3.93. The van der Waals surface area contributed by atoms with Gasteiger partial charge in [0.1, 0.15) is 9.77 Å². The quantitative estimate of drug-likeness (QED) is 0.886. The summed E-state index contributed by atoms with van der Waals surface area (Å²) in [5.41, 5.74) is 0.836. The van der Waals surface area contributed by atoms with E-state index in [2.05, 4.69) is 9.82 Å². The minimum atomic E-state index is -3.93. The summed E-state index contributed by atoms with van der Waals surface area (Å²) in [5, 5.41) is 14.4. The number of sulfonamides is 1. The molecule has 0 atom stereocenters. The molecule has 9 heteroatoms. The van der Waals surface area contributed by atoms with Crippen molar-refractivity contribution in [1.82, 2.24) is 9.78 Å². The van der Waals surface area contributed by atoms with Crippen LogP contribution in [0.4, 0.5) is 5.69 Å². The minimum absolute atomic E-state index is 0.214. The van der Waals surface area contributed by atoms with E-state index >= 15 is 0 Å². The normalized spacial score (nSPS) is 11.5. The molecule has 0 aliphatic carbocycles. The first-order valence-electron chi connectivity index (χ1n) is 5.15. The predicted octanol–water partition coefficient (Wildman–Crippen LogP) is 1.29. The summed E-state index contributed by atoms with van der Waals surface area (Å²) in [7, 11) is -2.26. The molecule has 2 heterocycles. The Morgan fingerprint density at radius 2 is 2.21 bits per heavy atom. The molecule has 7 nitrogen and oxygen atoms in total. The van der Waals surface area contributed by atoms with Crippen LogP contribution in [0.15, 0.2) is 22.5 Å². The minimum Gasteiger partial charge on any atom is -0.477 e. The maximum atomic E-state index is 12.1. The van der Waals surface area contributed by atoms with E-state index in [1.54, 1.807) is 14.0 Å². The first-order chi connectivity index (χ1) is 8.81. The maximum absolute atomic E-state index is 12.1. The van der Waals surface area contributed by atoms with Gasteiger partial charge in [-0.2, -0.15) is 5.10 Å². The number of rotatable bonds is 4. The van der Waals surface area contributed by atoms with Crippen molar-refractivity contribution in [2.75, 3.05) is 4.72 Å². The number of carboxylic acids is 1. The summed E-state index contributed by atoms with van der Waals surface area (Å²) in [6.45, 7) is 1.66. The molecule has 2 rings (SSSR count). The largest absolute Gasteiger partial charge is 0.477 e. The topological polar surface area (TPSA) is 101 Å². The molecule has 102 valence electrons. The van der Waals surface area contributed by atoms with Crippen LogP contribution in [0.1, 0.15) is 15.4 Å². The lowest BCUT2D eigenvalue weighted by atomic mass is 10.4. The molecule has 0 aliphatic rings. The van der Waals surface area contributed by atoms with Crippen molar-refractivity contribution in [1.29, 1.82) is 0 Å². The van der Waals surface area contributed by atoms with E-state index in [1.807, 2.05) is 0 Å². The monoisotopic (exact) mass is 301 g/mol. The Bertz CT molecular complexity index is 730. The van der Waals surface area contributed by atoms with Gasteiger partial charge in [0.25, 0.3) is 10.0 Å². The van der Waals surface area contributed by atoms with E-state index < -0.39 is 16.0 Å². The molecule has 0 amide bonds. The average molecular weight is 301 g/mol. The summed E-state index contributed by atoms with van der Waals surface area (Å²) in [4.78, 5) is 10.5. The number of hydrogen-bond donors (Lipinski definition) is 2. The molecule has 0 saturated heterocycles. The number of aromatic carboxylic acids is 1. The highest BCUT2D eigenvalue weighted by Gasteiger charge is 2.24. The number of aryl methyl sites for hydroxylation is 2. The Morgan fingerprint density at radius 3 is 2.74 bits per heavy atom. The van der Waals surface area contributed by atoms with Crippen molar-refractivity contribution in [2.24, 2.45) is 7.05 Å². The van der Waals surface area contributed by atoms with Gasteiger partial charge < -0.3 is 5.11 Å². The van der Waals surface area contributed by atoms with Gasteiger partial charge in [0.05, 0.1) is 11.4 Å². The summed E-state index contributed by atoms with van der Waals surface area (Å²) < 4.78 is 28.1. The van der Waals surface area contributed by atoms with Crippen LogP contribution in [0.5, 0.6) is 0 Å². The molecule has 0 radical (unpaired) electrons. The van der Waals surface area contributed by atoms with Gasteiger partial charge in [0, 0.05) is 13.2 Å². The summed E-state index contributed by atoms with van der Waals surface area (Å²) in [5.74, 6) is -1.27. The lowest BCUT2D eigenvalue weighted by Crippen LogP contribution is -2.15. The highest BCUT2D eigenvalue weighted by atomic mass is 32.2. The summed E-state index contributed by atoms with van der Waals surface area (Å²) >= 11 is 0.865. The maximum Gasteiger partial charge on any atom is 0.347 e. The van der Waals surface area contributed by atoms with E-state index in [9.17, 15) is 13.2 Å². The average Bonchev–Trinajstić information content (AvgIpc) is 2.86. The van der Waals surface area contributed by atoms with Crippen LogP contribution < -0.4 is 4.72 Å². The molecular formula is C10H11N3O4S2. The van der Waals surface area contributed by atoms with E-state index in [0.717, 1.165) is 11.3 Å². The Morgan fingerprint density at radius 1 is 1.53 bits per heavy atom. The fourth-order valence-electron chi connectivity index (χ4n) is 1.56. The lowest BCUT2D eigenvalue weighted by Gasteiger charge is -2.05. The molecule has 0 fully saturated rings. The van der Waals surface area contributed by atoms with Crippen molar-refractivity contribution in [3.63, 3.8) is 0 Å². The molecule has 19 heavy (non-hydrogen) atoms. The molecule has 0 bridgehead atoms. The van der Waals surface area contributed by atoms with Crippen LogP contribution in [0.25, 0.3) is 0 Å². The smallest absolute Gasteiger partial charge is 0.347 e. The van der Waals surface area contributed by atoms with Gasteiger partial charge in [-0.05, 0) is 18.4 Å². The Hall–Kier alpha value is -1.87. The van der Waals surface area contributed by atoms with E-state index in [4.69, 9.17) is 5.11 Å². The first kappa shape index (κ1) is 13.6. The highest BCUT2D eigenvalue weighted by Crippen LogP contribution is 2.25. The van der Waals surface area contributed by atoms with Crippen LogP contribution in [-0.4, -0.2) is 29.3 Å². The van der Waals surface area contributed by atoms with Gasteiger partial charge in [-0.15, -0.1) is 11.3 Å². The van der Waals surface area contributed by atoms with Gasteiger partial charge in [-0.25, -0.2) is 13.2 Å². The summed E-state index contributed by atoms with van der Waals surface area (Å²) in [6, 6.07) is 1.27. The second kappa shape index (κ2) is 4.67. The molecular weight excluding hydrogens is 290 g/mol. The van der Waals surface area contributed by atoms with Crippen molar-refractivity contribution in [3.05, 3.63) is 28.2 Å². The molecule has 0 aromatic carbocycles. The zero-order chi connectivity index (χ0) is 14.2. The van der Waals surface area contributed by atoms with Crippen LogP contribution in [0.2, 0.25) is 0 Å². The number of carbonyl (C=O) groups is 1. The number of hydrogen-bond acceptors (Lipinski definition) is 5. The number of carboxylic acid groups (broad SMARTS) is 1. The first-order valence-corrected chi connectivity index (χ1v) is 7.51. The van der Waals surface area contributed by atoms with Gasteiger partial charge in [-0.1, -0.05) is 0 Å². The third kappa shape index (κ3) is 2.61. The molecule has 2 aromatic heterocycles. The molecule has 0 spiro atoms. The molecule has 0 saturated carbocycles. The van der Waals surface area contributed by atoms with E-state index in [-0.39, 0.29) is 9.77 Å². The van der Waals surface area contributed by atoms with Crippen LogP contribution >= 0.6 is 11.3 Å². The fraction of sp³-hybridized carbons (Fsp3) is 0.200. The van der Waals surface area contributed by atoms with Crippen molar-refractivity contribution >= 4 is 33.0 Å². The number of thiophene rings is 1. The zero-order valence-corrected chi connectivity index (χ0v) is 11.7. The number of nitrogens with zero attached hydrogens (tertiary/aromatic N) is 2. The van der Waals surface area contributed by atoms with Crippen LogP contribution in [0.3, 0.4) is 0 Å². The van der Waals surface area contributed by atoms with Gasteiger partial charge in [0.2, 0.25) is 0 Å². The molecule has 2 aromatic rings. The SMILES string of the molecule is Cc1nn(C)cc1NS(=O)(=O)c1ccsc1C(=O)O. The lowest BCUT2D eigenvalue weighted by molar-refractivity contribution is 0.0698. The third-order valence-electron chi connectivity index (χ3n) is 2.37. The number of aromatic nitrogens is 2. The van der Waals surface area contributed by atoms with Crippen molar-refractivity contribution in [3.8, 4) is 0 Å². The van der Waals surface area contributed by atoms with Gasteiger partial charge in [-0.3, -0.25) is 9.40 Å². The zero-order valence-electron chi connectivity index (χ0n) is 10.1. The summed E-state index contributed by atoms with van der Waals surface area (Å²) in [6.07, 6.45) is 1.51. The Labute approximate surface area is 113 Å². The molecule has 0 aliphatic heterocycles. The van der Waals surface area contributed by atoms with Crippen molar-refractivity contribution in [2.45, 2.75) is 11.8 Å². The van der Waals surface area contributed by atoms with Crippen LogP contribution in [0, 0.1) is 6.92 Å². The second-order valence-electron chi connectivity index (χ2n) is 3.83. The predicted molar refractivity (Wildman–Crippen MR) is 70.0 cm³/mol. The molecule has 2 N–H and O–H groups in total. The van der Waals surface area contributed by atoms with Crippen LogP contribution in [-0.2, 0) is 17.1 Å². The van der Waals surface area contributed by atoms with E-state index in [0.29, 0.717) is 11.4 Å². The standard InChI is InChI=1S/C10H11N3O4S2/c1-6-7(5-13(2)11-6)12-19(16,17)8-3-4-18-9(8)10(14)15/h3-5,12H,1-2H3,(H,14,15). The number of anilines is 1. The van der Waals surface area contributed by atoms with Gasteiger partial charge >= 0.3 is 5.97 Å². The molecule has 0 unspecified atom stereocenters. The Kier molecular flexibility index (Phi) is 3.33.